The number of nitrogens with one attached hydrogen (secondary N) is 1. The number of amides is 2. The second kappa shape index (κ2) is 18.0. The summed E-state index contributed by atoms with van der Waals surface area (Å²) < 4.78 is 28.3. The number of benzene rings is 3. The fraction of sp³-hybridized carbons (Fsp3) is 0.429. The smallest absolute Gasteiger partial charge is 0.407 e. The van der Waals surface area contributed by atoms with Gasteiger partial charge in [0.15, 0.2) is 0 Å². The number of para-hydroxylation sites is 2. The van der Waals surface area contributed by atoms with Crippen LogP contribution in [0, 0.1) is 0 Å². The summed E-state index contributed by atoms with van der Waals surface area (Å²) in [5.41, 5.74) is 3.79. The van der Waals surface area contributed by atoms with Gasteiger partial charge in [-0.25, -0.2) is 4.79 Å². The minimum atomic E-state index is -0.993. The molecule has 0 aromatic heterocycles. The highest BCUT2D eigenvalue weighted by molar-refractivity contribution is 5.92. The van der Waals surface area contributed by atoms with Gasteiger partial charge in [-0.3, -0.25) is 4.79 Å². The number of carbonyl (C=O) groups excluding carboxylic acids is 1. The van der Waals surface area contributed by atoms with Crippen LogP contribution in [0.25, 0.3) is 0 Å². The van der Waals surface area contributed by atoms with Crippen LogP contribution in [-0.4, -0.2) is 81.8 Å². The van der Waals surface area contributed by atoms with Crippen LogP contribution >= 0.6 is 0 Å². The van der Waals surface area contributed by atoms with Crippen LogP contribution < -0.4 is 14.8 Å². The predicted octanol–water partition coefficient (Wildman–Crippen LogP) is 5.75. The number of carbonyl (C=O) groups is 2. The number of piperidine rings is 1. The molecule has 2 N–H and O–H groups in total. The largest absolute Gasteiger partial charge is 0.496 e. The Hall–Kier alpha value is -4.12. The molecule has 0 radical (unpaired) electrons. The van der Waals surface area contributed by atoms with Crippen LogP contribution in [0.1, 0.15) is 41.9 Å². The van der Waals surface area contributed by atoms with Crippen molar-refractivity contribution < 1.29 is 38.4 Å². The molecule has 1 saturated heterocycles. The quantitative estimate of drug-likeness (QED) is 0.183. The maximum Gasteiger partial charge on any atom is 0.407 e. The summed E-state index contributed by atoms with van der Waals surface area (Å²) in [4.78, 5) is 26.0. The number of hydrogen-bond donors (Lipinski definition) is 2. The molecule has 0 bridgehead atoms. The maximum atomic E-state index is 12.9. The van der Waals surface area contributed by atoms with Gasteiger partial charge in [-0.05, 0) is 54.7 Å². The van der Waals surface area contributed by atoms with E-state index in [2.05, 4.69) is 5.32 Å². The monoisotopic (exact) mass is 620 g/mol. The van der Waals surface area contributed by atoms with E-state index in [0.29, 0.717) is 39.4 Å². The van der Waals surface area contributed by atoms with Crippen molar-refractivity contribution in [3.8, 4) is 11.5 Å². The third-order valence-electron chi connectivity index (χ3n) is 7.80. The van der Waals surface area contributed by atoms with E-state index in [1.807, 2.05) is 72.8 Å². The first kappa shape index (κ1) is 33.8. The second-order valence-electron chi connectivity index (χ2n) is 10.9. The van der Waals surface area contributed by atoms with Crippen molar-refractivity contribution in [2.75, 3.05) is 59.1 Å². The van der Waals surface area contributed by atoms with Gasteiger partial charge >= 0.3 is 6.09 Å². The number of nitrogens with zero attached hydrogens (tertiary/aromatic N) is 1. The molecule has 45 heavy (non-hydrogen) atoms. The number of anilines is 1. The highest BCUT2D eigenvalue weighted by Crippen LogP contribution is 2.32. The molecule has 0 aliphatic carbocycles. The van der Waals surface area contributed by atoms with Crippen LogP contribution in [-0.2, 0) is 32.0 Å². The average molecular weight is 621 g/mol. The summed E-state index contributed by atoms with van der Waals surface area (Å²) in [6.45, 7) is 2.60. The predicted molar refractivity (Wildman–Crippen MR) is 171 cm³/mol. The van der Waals surface area contributed by atoms with Crippen LogP contribution in [0.3, 0.4) is 0 Å². The number of likely N-dealkylation sites (tertiary alicyclic amines) is 1. The van der Waals surface area contributed by atoms with Crippen molar-refractivity contribution in [2.24, 2.45) is 0 Å². The molecule has 1 aliphatic rings. The van der Waals surface area contributed by atoms with Gasteiger partial charge in [0, 0.05) is 43.9 Å². The standard InChI is InChI=1S/C35H44N2O8/c1-41-20-7-11-27-9-3-5-12-31(27)36-34(38)25-45-33-23-37(35(39)40)19-18-30(33)26-14-16-29(17-15-26)44-22-8-21-43-24-28-10-4-6-13-32(28)42-2/h3-6,9-10,12-17,30,33H,7-8,11,18-25H2,1-2H3,(H,36,38)(H,39,40). The molecule has 1 heterocycles. The minimum Gasteiger partial charge on any atom is -0.496 e. The lowest BCUT2D eigenvalue weighted by molar-refractivity contribution is -0.124. The van der Waals surface area contributed by atoms with E-state index >= 15 is 0 Å². The lowest BCUT2D eigenvalue weighted by atomic mass is 9.87. The zero-order chi connectivity index (χ0) is 31.9. The third-order valence-corrected chi connectivity index (χ3v) is 7.80. The Morgan fingerprint density at radius 2 is 1.67 bits per heavy atom. The third kappa shape index (κ3) is 10.5. The van der Waals surface area contributed by atoms with Crippen molar-refractivity contribution in [3.05, 3.63) is 89.5 Å². The Labute approximate surface area is 265 Å². The van der Waals surface area contributed by atoms with E-state index in [4.69, 9.17) is 23.7 Å². The normalized spacial score (nSPS) is 16.3. The molecule has 0 saturated carbocycles. The first-order chi connectivity index (χ1) is 22.0. The lowest BCUT2D eigenvalue weighted by Gasteiger charge is -2.37. The molecule has 2 unspecified atom stereocenters. The summed E-state index contributed by atoms with van der Waals surface area (Å²) in [5, 5.41) is 12.6. The van der Waals surface area contributed by atoms with Gasteiger partial charge in [0.1, 0.15) is 18.1 Å². The topological polar surface area (TPSA) is 116 Å². The molecule has 10 nitrogen and oxygen atoms in total. The molecule has 3 aromatic carbocycles. The summed E-state index contributed by atoms with van der Waals surface area (Å²) in [5.74, 6) is 1.21. The molecule has 3 aromatic rings. The van der Waals surface area contributed by atoms with Gasteiger partial charge < -0.3 is 39.0 Å². The second-order valence-corrected chi connectivity index (χ2v) is 10.9. The molecule has 1 aliphatic heterocycles. The van der Waals surface area contributed by atoms with E-state index in [1.165, 1.54) is 4.90 Å². The Kier molecular flexibility index (Phi) is 13.5. The Bertz CT molecular complexity index is 1350. The van der Waals surface area contributed by atoms with Crippen molar-refractivity contribution >= 4 is 17.7 Å². The van der Waals surface area contributed by atoms with Crippen molar-refractivity contribution in [1.29, 1.82) is 0 Å². The van der Waals surface area contributed by atoms with E-state index in [-0.39, 0.29) is 25.0 Å². The van der Waals surface area contributed by atoms with Gasteiger partial charge in [0.2, 0.25) is 5.91 Å². The van der Waals surface area contributed by atoms with Crippen molar-refractivity contribution in [2.45, 2.75) is 44.3 Å². The van der Waals surface area contributed by atoms with Crippen molar-refractivity contribution in [1.82, 2.24) is 4.90 Å². The van der Waals surface area contributed by atoms with Gasteiger partial charge in [-0.1, -0.05) is 48.5 Å². The van der Waals surface area contributed by atoms with E-state index in [1.54, 1.807) is 14.2 Å². The SMILES string of the molecule is COCCCc1ccccc1NC(=O)COC1CN(C(=O)O)CCC1c1ccc(OCCCOCc2ccccc2OC)cc1. The molecular formula is C35H44N2O8. The Morgan fingerprint density at radius 1 is 0.911 bits per heavy atom. The maximum absolute atomic E-state index is 12.9. The Morgan fingerprint density at radius 3 is 2.42 bits per heavy atom. The van der Waals surface area contributed by atoms with Crippen LogP contribution in [0.5, 0.6) is 11.5 Å². The number of methoxy groups -OCH3 is 2. The highest BCUT2D eigenvalue weighted by Gasteiger charge is 2.33. The molecular weight excluding hydrogens is 576 g/mol. The molecule has 4 rings (SSSR count). The van der Waals surface area contributed by atoms with Crippen LogP contribution in [0.2, 0.25) is 0 Å². The molecule has 10 heteroatoms. The zero-order valence-electron chi connectivity index (χ0n) is 26.1. The lowest BCUT2D eigenvalue weighted by Crippen LogP contribution is -2.47. The van der Waals surface area contributed by atoms with E-state index < -0.39 is 12.2 Å². The number of rotatable bonds is 17. The van der Waals surface area contributed by atoms with E-state index in [9.17, 15) is 14.7 Å². The summed E-state index contributed by atoms with van der Waals surface area (Å²) in [7, 11) is 3.32. The van der Waals surface area contributed by atoms with Gasteiger partial charge in [-0.2, -0.15) is 0 Å². The van der Waals surface area contributed by atoms with Gasteiger partial charge in [0.05, 0.1) is 39.6 Å². The average Bonchev–Trinajstić information content (AvgIpc) is 3.06. The first-order valence-corrected chi connectivity index (χ1v) is 15.4. The van der Waals surface area contributed by atoms with E-state index in [0.717, 1.165) is 53.1 Å². The van der Waals surface area contributed by atoms with Gasteiger partial charge in [0.25, 0.3) is 0 Å². The minimum absolute atomic E-state index is 0.0628. The van der Waals surface area contributed by atoms with Gasteiger partial charge in [-0.15, -0.1) is 0 Å². The fourth-order valence-electron chi connectivity index (χ4n) is 5.44. The number of aryl methyl sites for hydroxylation is 1. The number of carboxylic acid groups (broad SMARTS) is 1. The molecule has 0 spiro atoms. The first-order valence-electron chi connectivity index (χ1n) is 15.4. The summed E-state index contributed by atoms with van der Waals surface area (Å²) in [6, 6.07) is 23.3. The van der Waals surface area contributed by atoms with Crippen LogP contribution in [0.4, 0.5) is 10.5 Å². The number of ether oxygens (including phenoxy) is 5. The number of hydrogen-bond acceptors (Lipinski definition) is 7. The fourth-order valence-corrected chi connectivity index (χ4v) is 5.44. The molecule has 242 valence electrons. The van der Waals surface area contributed by atoms with Crippen LogP contribution in [0.15, 0.2) is 72.8 Å². The summed E-state index contributed by atoms with van der Waals surface area (Å²) in [6.07, 6.45) is 1.49. The zero-order valence-corrected chi connectivity index (χ0v) is 26.1. The molecule has 2 amide bonds. The highest BCUT2D eigenvalue weighted by atomic mass is 16.5. The summed E-state index contributed by atoms with van der Waals surface area (Å²) >= 11 is 0. The molecule has 1 fully saturated rings. The van der Waals surface area contributed by atoms with Crippen molar-refractivity contribution in [3.63, 3.8) is 0 Å². The Balaban J connectivity index is 1.27. The molecule has 2 atom stereocenters.